The zero-order valence-corrected chi connectivity index (χ0v) is 12.0. The zero-order valence-electron chi connectivity index (χ0n) is 6.81. The van der Waals surface area contributed by atoms with Gasteiger partial charge in [-0.15, -0.1) is 0 Å². The molecular weight excluding hydrogens is 433 g/mol. The Kier molecular flexibility index (Phi) is 4.22. The number of phenolic OH excluding ortho intramolecular Hbond substituents is 1. The Balaban J connectivity index is 3.08. The highest BCUT2D eigenvalue weighted by atomic mass is 127. The molecule has 0 aromatic heterocycles. The van der Waals surface area contributed by atoms with E-state index in [4.69, 9.17) is 9.79 Å². The number of hydrogen-bond donors (Lipinski definition) is 3. The van der Waals surface area contributed by atoms with Gasteiger partial charge in [-0.3, -0.25) is 4.57 Å². The predicted molar refractivity (Wildman–Crippen MR) is 69.3 cm³/mol. The first-order valence-electron chi connectivity index (χ1n) is 3.51. The van der Waals surface area contributed by atoms with Gasteiger partial charge in [0.25, 0.3) is 0 Å². The van der Waals surface area contributed by atoms with Crippen molar-refractivity contribution in [1.29, 1.82) is 0 Å². The molecule has 0 atom stereocenters. The molecule has 0 bridgehead atoms. The van der Waals surface area contributed by atoms with Crippen molar-refractivity contribution >= 4 is 52.8 Å². The van der Waals surface area contributed by atoms with Crippen LogP contribution in [0.2, 0.25) is 0 Å². The number of aromatic hydroxyl groups is 1. The summed E-state index contributed by atoms with van der Waals surface area (Å²) in [5.74, 6) is 0.153. The van der Waals surface area contributed by atoms with E-state index >= 15 is 0 Å². The van der Waals surface area contributed by atoms with Crippen molar-refractivity contribution < 1.29 is 19.5 Å². The summed E-state index contributed by atoms with van der Waals surface area (Å²) in [4.78, 5) is 17.5. The molecule has 3 N–H and O–H groups in total. The lowest BCUT2D eigenvalue weighted by atomic mass is 10.2. The minimum Gasteiger partial charge on any atom is -0.506 e. The Morgan fingerprint density at radius 1 is 1.21 bits per heavy atom. The van der Waals surface area contributed by atoms with Crippen molar-refractivity contribution in [3.8, 4) is 5.75 Å². The molecular formula is C7H7I2O4P. The molecule has 0 saturated carbocycles. The summed E-state index contributed by atoms with van der Waals surface area (Å²) in [7, 11) is -4.03. The van der Waals surface area contributed by atoms with Crippen LogP contribution in [0.1, 0.15) is 5.56 Å². The molecule has 0 radical (unpaired) electrons. The topological polar surface area (TPSA) is 77.8 Å². The van der Waals surface area contributed by atoms with Gasteiger partial charge in [-0.2, -0.15) is 0 Å². The molecule has 1 aromatic carbocycles. The highest BCUT2D eigenvalue weighted by Crippen LogP contribution is 2.40. The van der Waals surface area contributed by atoms with Gasteiger partial charge in [0.05, 0.1) is 13.3 Å². The number of hydrogen-bond acceptors (Lipinski definition) is 2. The summed E-state index contributed by atoms with van der Waals surface area (Å²) in [5.41, 5.74) is 0.532. The smallest absolute Gasteiger partial charge is 0.329 e. The van der Waals surface area contributed by atoms with Crippen LogP contribution in [0.3, 0.4) is 0 Å². The fourth-order valence-electron chi connectivity index (χ4n) is 0.947. The molecule has 4 nitrogen and oxygen atoms in total. The van der Waals surface area contributed by atoms with Gasteiger partial charge in [-0.1, -0.05) is 0 Å². The average Bonchev–Trinajstić information content (AvgIpc) is 1.96. The van der Waals surface area contributed by atoms with Gasteiger partial charge in [0, 0.05) is 0 Å². The maximum atomic E-state index is 10.7. The number of phenols is 1. The van der Waals surface area contributed by atoms with Crippen LogP contribution in [0.4, 0.5) is 0 Å². The lowest BCUT2D eigenvalue weighted by Crippen LogP contribution is -1.90. The molecule has 0 aliphatic heterocycles. The fourth-order valence-corrected chi connectivity index (χ4v) is 3.50. The number of benzene rings is 1. The number of halogens is 2. The van der Waals surface area contributed by atoms with E-state index in [0.29, 0.717) is 12.7 Å². The van der Waals surface area contributed by atoms with Gasteiger partial charge in [-0.25, -0.2) is 0 Å². The van der Waals surface area contributed by atoms with E-state index in [-0.39, 0.29) is 11.9 Å². The molecule has 7 heteroatoms. The SMILES string of the molecule is O=P(O)(O)Cc1cc(I)c(O)c(I)c1. The molecule has 0 aliphatic rings. The molecule has 1 rings (SSSR count). The van der Waals surface area contributed by atoms with E-state index < -0.39 is 7.60 Å². The van der Waals surface area contributed by atoms with E-state index in [2.05, 4.69) is 0 Å². The van der Waals surface area contributed by atoms with Gasteiger partial charge in [0.2, 0.25) is 0 Å². The molecule has 78 valence electrons. The molecule has 0 saturated heterocycles. The first-order valence-corrected chi connectivity index (χ1v) is 7.46. The summed E-state index contributed by atoms with van der Waals surface area (Å²) in [6, 6.07) is 3.13. The van der Waals surface area contributed by atoms with Crippen molar-refractivity contribution in [3.05, 3.63) is 24.8 Å². The third kappa shape index (κ3) is 3.65. The Morgan fingerprint density at radius 3 is 2.00 bits per heavy atom. The van der Waals surface area contributed by atoms with Gasteiger partial charge >= 0.3 is 7.60 Å². The maximum absolute atomic E-state index is 10.7. The van der Waals surface area contributed by atoms with Crippen molar-refractivity contribution in [1.82, 2.24) is 0 Å². The average molecular weight is 440 g/mol. The van der Waals surface area contributed by atoms with Crippen molar-refractivity contribution in [3.63, 3.8) is 0 Å². The molecule has 0 unspecified atom stereocenters. The van der Waals surface area contributed by atoms with E-state index in [9.17, 15) is 9.67 Å². The van der Waals surface area contributed by atoms with Crippen molar-refractivity contribution in [2.75, 3.05) is 0 Å². The van der Waals surface area contributed by atoms with E-state index in [1.807, 2.05) is 45.2 Å². The van der Waals surface area contributed by atoms with Crippen LogP contribution in [0.25, 0.3) is 0 Å². The van der Waals surface area contributed by atoms with Crippen molar-refractivity contribution in [2.24, 2.45) is 0 Å². The highest BCUT2D eigenvalue weighted by Gasteiger charge is 2.16. The van der Waals surface area contributed by atoms with Gasteiger partial charge in [-0.05, 0) is 62.9 Å². The molecule has 0 spiro atoms. The minimum atomic E-state index is -4.03. The molecule has 1 aromatic rings. The second kappa shape index (κ2) is 4.65. The summed E-state index contributed by atoms with van der Waals surface area (Å²) in [6.45, 7) is 0. The van der Waals surface area contributed by atoms with Gasteiger partial charge < -0.3 is 14.9 Å². The first kappa shape index (κ1) is 12.7. The predicted octanol–water partition coefficient (Wildman–Crippen LogP) is 2.28. The fraction of sp³-hybridized carbons (Fsp3) is 0.143. The summed E-state index contributed by atoms with van der Waals surface area (Å²) in [5, 5.41) is 9.42. The van der Waals surface area contributed by atoms with Gasteiger partial charge in [0.15, 0.2) is 0 Å². The normalized spacial score (nSPS) is 11.7. The Morgan fingerprint density at radius 2 is 1.64 bits per heavy atom. The van der Waals surface area contributed by atoms with Crippen LogP contribution in [0.5, 0.6) is 5.75 Å². The summed E-state index contributed by atoms with van der Waals surface area (Å²) >= 11 is 3.84. The van der Waals surface area contributed by atoms with E-state index in [0.717, 1.165) is 0 Å². The molecule has 0 aliphatic carbocycles. The van der Waals surface area contributed by atoms with Crippen LogP contribution >= 0.6 is 52.8 Å². The highest BCUT2D eigenvalue weighted by molar-refractivity contribution is 14.1. The molecule has 0 heterocycles. The molecule has 0 amide bonds. The van der Waals surface area contributed by atoms with E-state index in [1.54, 1.807) is 12.1 Å². The van der Waals surface area contributed by atoms with Gasteiger partial charge in [0.1, 0.15) is 5.75 Å². The van der Waals surface area contributed by atoms with Crippen LogP contribution < -0.4 is 0 Å². The molecule has 14 heavy (non-hydrogen) atoms. The number of rotatable bonds is 2. The lowest BCUT2D eigenvalue weighted by molar-refractivity contribution is 0.371. The Hall–Kier alpha value is 0.630. The Labute approximate surface area is 108 Å². The van der Waals surface area contributed by atoms with Crippen LogP contribution in [0, 0.1) is 7.14 Å². The van der Waals surface area contributed by atoms with Crippen LogP contribution in [-0.4, -0.2) is 14.9 Å². The summed E-state index contributed by atoms with van der Waals surface area (Å²) < 4.78 is 11.9. The van der Waals surface area contributed by atoms with Crippen molar-refractivity contribution in [2.45, 2.75) is 6.16 Å². The standard InChI is InChI=1S/C7H7I2O4P/c8-5-1-4(3-14(11,12)13)2-6(9)7(5)10/h1-2,10H,3H2,(H2,11,12,13). The third-order valence-electron chi connectivity index (χ3n) is 1.47. The van der Waals surface area contributed by atoms with E-state index in [1.165, 1.54) is 0 Å². The second-order valence-corrected chi connectivity index (χ2v) is 6.70. The lowest BCUT2D eigenvalue weighted by Gasteiger charge is -2.07. The summed E-state index contributed by atoms with van der Waals surface area (Å²) in [6.07, 6.45) is -0.292. The van der Waals surface area contributed by atoms with Crippen LogP contribution in [0.15, 0.2) is 12.1 Å². The minimum absolute atomic E-state index is 0.153. The quantitative estimate of drug-likeness (QED) is 0.488. The maximum Gasteiger partial charge on any atom is 0.329 e. The Bertz CT molecular complexity index is 378. The third-order valence-corrected chi connectivity index (χ3v) is 3.89. The largest absolute Gasteiger partial charge is 0.506 e. The monoisotopic (exact) mass is 440 g/mol. The van der Waals surface area contributed by atoms with Crippen LogP contribution in [-0.2, 0) is 10.7 Å². The first-order chi connectivity index (χ1) is 6.29. The molecule has 0 fully saturated rings. The zero-order chi connectivity index (χ0) is 10.9. The second-order valence-electron chi connectivity index (χ2n) is 2.73.